The molecule has 0 aromatic heterocycles. The maximum Gasteiger partial charge on any atom is 0.222 e. The van der Waals surface area contributed by atoms with E-state index in [4.69, 9.17) is 4.74 Å². The Morgan fingerprint density at radius 1 is 1.38 bits per heavy atom. The molecule has 1 N–H and O–H groups in total. The highest BCUT2D eigenvalue weighted by Crippen LogP contribution is 2.15. The van der Waals surface area contributed by atoms with Gasteiger partial charge in [-0.05, 0) is 25.2 Å². The van der Waals surface area contributed by atoms with Crippen LogP contribution in [0.15, 0.2) is 0 Å². The average molecular weight is 227 g/mol. The van der Waals surface area contributed by atoms with Crippen molar-refractivity contribution >= 4 is 5.91 Å². The molecule has 1 aliphatic heterocycles. The van der Waals surface area contributed by atoms with Gasteiger partial charge in [-0.3, -0.25) is 4.79 Å². The summed E-state index contributed by atoms with van der Waals surface area (Å²) in [6.45, 7) is 5.98. The zero-order valence-electron chi connectivity index (χ0n) is 10.6. The number of rotatable bonds is 6. The van der Waals surface area contributed by atoms with Crippen LogP contribution in [0.1, 0.15) is 52.4 Å². The van der Waals surface area contributed by atoms with Gasteiger partial charge in [-0.2, -0.15) is 0 Å². The van der Waals surface area contributed by atoms with Crippen molar-refractivity contribution in [3.63, 3.8) is 0 Å². The normalized spacial score (nSPS) is 21.1. The molecule has 1 saturated heterocycles. The van der Waals surface area contributed by atoms with E-state index in [-0.39, 0.29) is 12.0 Å². The second-order valence-corrected chi connectivity index (χ2v) is 4.68. The van der Waals surface area contributed by atoms with E-state index < -0.39 is 0 Å². The first-order valence-corrected chi connectivity index (χ1v) is 6.64. The van der Waals surface area contributed by atoms with Crippen molar-refractivity contribution in [1.82, 2.24) is 5.32 Å². The lowest BCUT2D eigenvalue weighted by Crippen LogP contribution is -2.33. The molecule has 94 valence electrons. The van der Waals surface area contributed by atoms with E-state index >= 15 is 0 Å². The molecule has 3 nitrogen and oxygen atoms in total. The highest BCUT2D eigenvalue weighted by Gasteiger charge is 2.17. The van der Waals surface area contributed by atoms with Gasteiger partial charge in [0.2, 0.25) is 5.91 Å². The minimum Gasteiger partial charge on any atom is -0.378 e. The van der Waals surface area contributed by atoms with E-state index in [0.717, 1.165) is 38.8 Å². The van der Waals surface area contributed by atoms with Crippen LogP contribution in [0.5, 0.6) is 0 Å². The van der Waals surface area contributed by atoms with Crippen LogP contribution in [0.2, 0.25) is 0 Å². The molecule has 0 aliphatic carbocycles. The Balaban J connectivity index is 2.14. The molecule has 0 bridgehead atoms. The molecule has 1 atom stereocenters. The molecule has 0 aromatic rings. The molecule has 1 rings (SSSR count). The lowest BCUT2D eigenvalue weighted by molar-refractivity contribution is -0.125. The van der Waals surface area contributed by atoms with Crippen LogP contribution in [0.3, 0.4) is 0 Å². The Labute approximate surface area is 98.9 Å². The second-order valence-electron chi connectivity index (χ2n) is 4.68. The van der Waals surface area contributed by atoms with Crippen molar-refractivity contribution < 1.29 is 9.53 Å². The van der Waals surface area contributed by atoms with Crippen molar-refractivity contribution in [2.45, 2.75) is 58.5 Å². The number of hydrogen-bond donors (Lipinski definition) is 1. The van der Waals surface area contributed by atoms with Gasteiger partial charge in [-0.15, -0.1) is 0 Å². The Morgan fingerprint density at radius 3 is 2.69 bits per heavy atom. The van der Waals surface area contributed by atoms with E-state index in [1.165, 1.54) is 6.42 Å². The highest BCUT2D eigenvalue weighted by atomic mass is 16.5. The van der Waals surface area contributed by atoms with Gasteiger partial charge in [0.25, 0.3) is 0 Å². The van der Waals surface area contributed by atoms with Crippen LogP contribution in [0.25, 0.3) is 0 Å². The van der Waals surface area contributed by atoms with Crippen molar-refractivity contribution in [1.29, 1.82) is 0 Å². The highest BCUT2D eigenvalue weighted by molar-refractivity contribution is 5.76. The molecule has 1 aliphatic rings. The van der Waals surface area contributed by atoms with Crippen LogP contribution < -0.4 is 5.32 Å². The predicted molar refractivity (Wildman–Crippen MR) is 65.3 cm³/mol. The molecule has 1 unspecified atom stereocenters. The summed E-state index contributed by atoms with van der Waals surface area (Å²) >= 11 is 0. The first-order chi connectivity index (χ1) is 7.76. The largest absolute Gasteiger partial charge is 0.378 e. The van der Waals surface area contributed by atoms with E-state index in [2.05, 4.69) is 19.2 Å². The second kappa shape index (κ2) is 7.66. The minimum atomic E-state index is 0.152. The number of carbonyl (C=O) groups is 1. The lowest BCUT2D eigenvalue weighted by Gasteiger charge is -2.22. The molecule has 0 aromatic carbocycles. The summed E-state index contributed by atoms with van der Waals surface area (Å²) in [5.74, 6) is 0.773. The molecule has 1 fully saturated rings. The van der Waals surface area contributed by atoms with Gasteiger partial charge in [-0.25, -0.2) is 0 Å². The van der Waals surface area contributed by atoms with Gasteiger partial charge in [0.15, 0.2) is 0 Å². The Bertz CT molecular complexity index is 196. The van der Waals surface area contributed by atoms with Crippen molar-refractivity contribution in [2.75, 3.05) is 13.2 Å². The summed E-state index contributed by atoms with van der Waals surface area (Å²) in [5, 5.41) is 3.01. The van der Waals surface area contributed by atoms with Gasteiger partial charge >= 0.3 is 0 Å². The first-order valence-electron chi connectivity index (χ1n) is 6.64. The molecule has 0 spiro atoms. The third-order valence-corrected chi connectivity index (χ3v) is 3.43. The van der Waals surface area contributed by atoms with Crippen molar-refractivity contribution in [3.8, 4) is 0 Å². The smallest absolute Gasteiger partial charge is 0.222 e. The van der Waals surface area contributed by atoms with E-state index in [0.29, 0.717) is 12.3 Å². The van der Waals surface area contributed by atoms with Gasteiger partial charge in [-0.1, -0.05) is 26.7 Å². The fraction of sp³-hybridized carbons (Fsp3) is 0.923. The van der Waals surface area contributed by atoms with Crippen molar-refractivity contribution in [3.05, 3.63) is 0 Å². The van der Waals surface area contributed by atoms with Crippen LogP contribution >= 0.6 is 0 Å². The van der Waals surface area contributed by atoms with Crippen LogP contribution in [-0.2, 0) is 9.53 Å². The van der Waals surface area contributed by atoms with Gasteiger partial charge in [0, 0.05) is 13.2 Å². The van der Waals surface area contributed by atoms with E-state index in [1.54, 1.807) is 0 Å². The minimum absolute atomic E-state index is 0.152. The first kappa shape index (κ1) is 13.5. The molecule has 1 amide bonds. The Morgan fingerprint density at radius 2 is 2.12 bits per heavy atom. The summed E-state index contributed by atoms with van der Waals surface area (Å²) < 4.78 is 5.55. The topological polar surface area (TPSA) is 38.3 Å². The number of ether oxygens (including phenoxy) is 1. The zero-order valence-corrected chi connectivity index (χ0v) is 10.6. The molecular formula is C13H25NO2. The van der Waals surface area contributed by atoms with E-state index in [9.17, 15) is 4.79 Å². The Hall–Kier alpha value is -0.570. The fourth-order valence-corrected chi connectivity index (χ4v) is 2.08. The number of amides is 1. The molecule has 0 saturated carbocycles. The van der Waals surface area contributed by atoms with Crippen molar-refractivity contribution in [2.24, 2.45) is 5.92 Å². The quantitative estimate of drug-likeness (QED) is 0.757. The van der Waals surface area contributed by atoms with Gasteiger partial charge in [0.05, 0.1) is 12.5 Å². The molecule has 3 heteroatoms. The van der Waals surface area contributed by atoms with Crippen LogP contribution in [0, 0.1) is 5.92 Å². The summed E-state index contributed by atoms with van der Waals surface area (Å²) in [4.78, 5) is 11.7. The summed E-state index contributed by atoms with van der Waals surface area (Å²) in [6, 6.07) is 0. The number of nitrogens with one attached hydrogen (secondary N) is 1. The monoisotopic (exact) mass is 227 g/mol. The third-order valence-electron chi connectivity index (χ3n) is 3.43. The predicted octanol–water partition coefficient (Wildman–Crippen LogP) is 2.50. The zero-order chi connectivity index (χ0) is 11.8. The maximum atomic E-state index is 11.7. The summed E-state index contributed by atoms with van der Waals surface area (Å²) in [7, 11) is 0. The average Bonchev–Trinajstić information content (AvgIpc) is 2.31. The standard InChI is InChI=1S/C13H25NO2/c1-3-11(4-2)10-14-13(15)9-12-7-5-6-8-16-12/h11-12H,3-10H2,1-2H3,(H,14,15). The number of carbonyl (C=O) groups excluding carboxylic acids is 1. The SMILES string of the molecule is CCC(CC)CNC(=O)CC1CCCCO1. The molecule has 1 heterocycles. The number of hydrogen-bond acceptors (Lipinski definition) is 2. The maximum absolute atomic E-state index is 11.7. The fourth-order valence-electron chi connectivity index (χ4n) is 2.08. The molecule has 16 heavy (non-hydrogen) atoms. The summed E-state index contributed by atoms with van der Waals surface area (Å²) in [6.07, 6.45) is 6.36. The Kier molecular flexibility index (Phi) is 6.46. The third kappa shape index (κ3) is 4.97. The van der Waals surface area contributed by atoms with E-state index in [1.807, 2.05) is 0 Å². The summed E-state index contributed by atoms with van der Waals surface area (Å²) in [5.41, 5.74) is 0. The van der Waals surface area contributed by atoms with Gasteiger partial charge in [0.1, 0.15) is 0 Å². The van der Waals surface area contributed by atoms with Gasteiger partial charge < -0.3 is 10.1 Å². The van der Waals surface area contributed by atoms with Crippen LogP contribution in [-0.4, -0.2) is 25.2 Å². The lowest BCUT2D eigenvalue weighted by atomic mass is 10.0. The molecule has 0 radical (unpaired) electrons. The van der Waals surface area contributed by atoms with Crippen LogP contribution in [0.4, 0.5) is 0 Å². The molecular weight excluding hydrogens is 202 g/mol.